The minimum Gasteiger partial charge on any atom is -0.508 e. The number of hydrogen-bond acceptors (Lipinski definition) is 2. The van der Waals surface area contributed by atoms with Crippen LogP contribution in [-0.4, -0.2) is 5.11 Å². The van der Waals surface area contributed by atoms with Crippen LogP contribution in [0, 0.1) is 26.6 Å². The van der Waals surface area contributed by atoms with Crippen molar-refractivity contribution < 1.29 is 9.50 Å². The molecule has 0 atom stereocenters. The lowest BCUT2D eigenvalue weighted by atomic mass is 10.00. The maximum Gasteiger partial charge on any atom is 0.123 e. The second-order valence-corrected chi connectivity index (χ2v) is 6.47. The van der Waals surface area contributed by atoms with Crippen LogP contribution in [0.5, 0.6) is 5.75 Å². The molecule has 0 aliphatic carbocycles. The first-order valence-corrected chi connectivity index (χ1v) is 8.33. The number of aromatic hydroxyl groups is 1. The van der Waals surface area contributed by atoms with Gasteiger partial charge >= 0.3 is 0 Å². The molecule has 3 rings (SSSR count). The molecule has 3 aromatic rings. The third-order valence-corrected chi connectivity index (χ3v) is 4.41. The Balaban J connectivity index is 1.88. The fourth-order valence-corrected chi connectivity index (χ4v) is 3.10. The highest BCUT2D eigenvalue weighted by atomic mass is 19.1. The second kappa shape index (κ2) is 6.98. The molecule has 3 aromatic carbocycles. The van der Waals surface area contributed by atoms with Gasteiger partial charge in [-0.15, -0.1) is 0 Å². The van der Waals surface area contributed by atoms with Crippen LogP contribution in [0.15, 0.2) is 54.6 Å². The van der Waals surface area contributed by atoms with Gasteiger partial charge in [0.2, 0.25) is 0 Å². The van der Waals surface area contributed by atoms with E-state index in [1.807, 2.05) is 32.9 Å². The summed E-state index contributed by atoms with van der Waals surface area (Å²) in [6.45, 7) is 6.59. The van der Waals surface area contributed by atoms with Crippen LogP contribution >= 0.6 is 0 Å². The molecule has 0 aromatic heterocycles. The van der Waals surface area contributed by atoms with Crippen LogP contribution in [-0.2, 0) is 6.54 Å². The molecule has 25 heavy (non-hydrogen) atoms. The monoisotopic (exact) mass is 335 g/mol. The number of phenols is 1. The molecular weight excluding hydrogens is 313 g/mol. The summed E-state index contributed by atoms with van der Waals surface area (Å²) in [7, 11) is 0. The highest BCUT2D eigenvalue weighted by Crippen LogP contribution is 2.29. The molecule has 128 valence electrons. The van der Waals surface area contributed by atoms with Gasteiger partial charge in [0.15, 0.2) is 0 Å². The molecule has 2 N–H and O–H groups in total. The Morgan fingerprint density at radius 2 is 1.72 bits per heavy atom. The number of phenolic OH excluding ortho intramolecular Hbond substituents is 1. The van der Waals surface area contributed by atoms with Crippen molar-refractivity contribution in [3.05, 3.63) is 82.7 Å². The summed E-state index contributed by atoms with van der Waals surface area (Å²) in [5, 5.41) is 13.3. The van der Waals surface area contributed by atoms with Crippen LogP contribution in [0.1, 0.15) is 22.3 Å². The molecule has 0 saturated carbocycles. The predicted octanol–water partition coefficient (Wildman–Crippen LogP) is 5.74. The normalized spacial score (nSPS) is 10.7. The minimum absolute atomic E-state index is 0.232. The van der Waals surface area contributed by atoms with Crippen LogP contribution in [0.3, 0.4) is 0 Å². The lowest BCUT2D eigenvalue weighted by Gasteiger charge is -2.15. The Labute approximate surface area is 148 Å². The van der Waals surface area contributed by atoms with E-state index in [4.69, 9.17) is 0 Å². The Morgan fingerprint density at radius 1 is 0.920 bits per heavy atom. The average molecular weight is 335 g/mol. The van der Waals surface area contributed by atoms with Crippen LogP contribution in [0.2, 0.25) is 0 Å². The molecule has 0 amide bonds. The van der Waals surface area contributed by atoms with Crippen LogP contribution in [0.25, 0.3) is 11.1 Å². The first-order valence-electron chi connectivity index (χ1n) is 8.33. The second-order valence-electron chi connectivity index (χ2n) is 6.47. The summed E-state index contributed by atoms with van der Waals surface area (Å²) >= 11 is 0. The highest BCUT2D eigenvalue weighted by molar-refractivity contribution is 5.66. The van der Waals surface area contributed by atoms with Gasteiger partial charge in [-0.25, -0.2) is 4.39 Å². The maximum atomic E-state index is 13.5. The first kappa shape index (κ1) is 17.0. The molecule has 0 fully saturated rings. The lowest BCUT2D eigenvalue weighted by Crippen LogP contribution is -2.03. The third kappa shape index (κ3) is 3.82. The van der Waals surface area contributed by atoms with Crippen molar-refractivity contribution in [3.63, 3.8) is 0 Å². The van der Waals surface area contributed by atoms with Crippen molar-refractivity contribution >= 4 is 5.69 Å². The number of nitrogens with one attached hydrogen (secondary N) is 1. The molecule has 3 heteroatoms. The molecule has 0 saturated heterocycles. The van der Waals surface area contributed by atoms with Crippen molar-refractivity contribution in [2.45, 2.75) is 27.3 Å². The fraction of sp³-hybridized carbons (Fsp3) is 0.182. The molecule has 2 nitrogen and oxygen atoms in total. The zero-order valence-corrected chi connectivity index (χ0v) is 14.7. The van der Waals surface area contributed by atoms with Crippen LogP contribution < -0.4 is 5.32 Å². The topological polar surface area (TPSA) is 32.3 Å². The summed E-state index contributed by atoms with van der Waals surface area (Å²) in [5.74, 6) is 0.0579. The van der Waals surface area contributed by atoms with E-state index < -0.39 is 0 Å². The van der Waals surface area contributed by atoms with Gasteiger partial charge in [0.1, 0.15) is 11.6 Å². The molecule has 0 heterocycles. The molecular formula is C22H22FNO. The number of rotatable bonds is 4. The Morgan fingerprint density at radius 3 is 2.48 bits per heavy atom. The Bertz CT molecular complexity index is 918. The van der Waals surface area contributed by atoms with Gasteiger partial charge in [-0.3, -0.25) is 0 Å². The van der Waals surface area contributed by atoms with E-state index >= 15 is 0 Å². The van der Waals surface area contributed by atoms with Crippen LogP contribution in [0.4, 0.5) is 10.1 Å². The number of hydrogen-bond donors (Lipinski definition) is 2. The molecule has 0 aliphatic rings. The van der Waals surface area contributed by atoms with Crippen molar-refractivity contribution in [3.8, 4) is 16.9 Å². The Hall–Kier alpha value is -2.81. The highest BCUT2D eigenvalue weighted by Gasteiger charge is 2.08. The molecule has 0 aliphatic heterocycles. The van der Waals surface area contributed by atoms with Gasteiger partial charge < -0.3 is 10.4 Å². The molecule has 0 unspecified atom stereocenters. The van der Waals surface area contributed by atoms with Gasteiger partial charge in [-0.1, -0.05) is 35.9 Å². The van der Waals surface area contributed by atoms with E-state index in [1.54, 1.807) is 18.2 Å². The largest absolute Gasteiger partial charge is 0.508 e. The molecule has 0 bridgehead atoms. The van der Waals surface area contributed by atoms with E-state index in [0.29, 0.717) is 6.54 Å². The zero-order chi connectivity index (χ0) is 18.0. The number of anilines is 1. The van der Waals surface area contributed by atoms with E-state index in [0.717, 1.165) is 39.1 Å². The zero-order valence-electron chi connectivity index (χ0n) is 14.7. The van der Waals surface area contributed by atoms with E-state index in [-0.39, 0.29) is 11.6 Å². The standard InChI is InChI=1S/C22H22FNO/c1-14-9-17(11-19(10-14)18-5-4-6-20(23)12-18)13-24-22-15(2)7-8-21(25)16(22)3/h4-12,24-25H,13H2,1-3H3. The van der Waals surface area contributed by atoms with Gasteiger partial charge in [-0.2, -0.15) is 0 Å². The summed E-state index contributed by atoms with van der Waals surface area (Å²) in [6, 6.07) is 16.5. The third-order valence-electron chi connectivity index (χ3n) is 4.41. The number of halogens is 1. The van der Waals surface area contributed by atoms with Gasteiger partial charge in [0, 0.05) is 17.8 Å². The van der Waals surface area contributed by atoms with E-state index in [2.05, 4.69) is 23.5 Å². The predicted molar refractivity (Wildman–Crippen MR) is 101 cm³/mol. The van der Waals surface area contributed by atoms with Gasteiger partial charge in [0.05, 0.1) is 0 Å². The molecule has 0 spiro atoms. The molecule has 0 radical (unpaired) electrons. The minimum atomic E-state index is -0.232. The average Bonchev–Trinajstić information content (AvgIpc) is 2.58. The van der Waals surface area contributed by atoms with E-state index in [9.17, 15) is 9.50 Å². The van der Waals surface area contributed by atoms with Crippen molar-refractivity contribution in [2.75, 3.05) is 5.32 Å². The van der Waals surface area contributed by atoms with Crippen molar-refractivity contribution in [2.24, 2.45) is 0 Å². The van der Waals surface area contributed by atoms with E-state index in [1.165, 1.54) is 6.07 Å². The lowest BCUT2D eigenvalue weighted by molar-refractivity contribution is 0.471. The number of aryl methyl sites for hydroxylation is 2. The Kier molecular flexibility index (Phi) is 4.75. The fourth-order valence-electron chi connectivity index (χ4n) is 3.10. The summed E-state index contributed by atoms with van der Waals surface area (Å²) in [4.78, 5) is 0. The number of benzene rings is 3. The van der Waals surface area contributed by atoms with Crippen molar-refractivity contribution in [1.82, 2.24) is 0 Å². The van der Waals surface area contributed by atoms with Crippen molar-refractivity contribution in [1.29, 1.82) is 0 Å². The maximum absolute atomic E-state index is 13.5. The van der Waals surface area contributed by atoms with Gasteiger partial charge in [0.25, 0.3) is 0 Å². The first-order chi connectivity index (χ1) is 11.9. The SMILES string of the molecule is Cc1cc(CNc2c(C)ccc(O)c2C)cc(-c2cccc(F)c2)c1. The summed E-state index contributed by atoms with van der Waals surface area (Å²) < 4.78 is 13.5. The summed E-state index contributed by atoms with van der Waals surface area (Å²) in [5.41, 5.74) is 7.00. The summed E-state index contributed by atoms with van der Waals surface area (Å²) in [6.07, 6.45) is 0. The quantitative estimate of drug-likeness (QED) is 0.637. The van der Waals surface area contributed by atoms with Gasteiger partial charge in [-0.05, 0) is 67.3 Å². The smallest absolute Gasteiger partial charge is 0.123 e.